The molecule has 1 fully saturated rings. The molecule has 0 amide bonds. The van der Waals surface area contributed by atoms with Gasteiger partial charge in [-0.05, 0) is 19.1 Å². The van der Waals surface area contributed by atoms with E-state index >= 15 is 0 Å². The molecule has 1 saturated heterocycles. The summed E-state index contributed by atoms with van der Waals surface area (Å²) >= 11 is 0. The van der Waals surface area contributed by atoms with Gasteiger partial charge in [0, 0.05) is 31.4 Å². The Balaban J connectivity index is 1.79. The normalized spacial score (nSPS) is 16.0. The number of hydrogen-bond donors (Lipinski definition) is 0. The lowest BCUT2D eigenvalue weighted by Crippen LogP contribution is -2.36. The van der Waals surface area contributed by atoms with Crippen LogP contribution in [-0.2, 0) is 11.3 Å². The minimum absolute atomic E-state index is 0.816. The zero-order valence-electron chi connectivity index (χ0n) is 13.4. The molecular weight excluding hydrogens is 286 g/mol. The van der Waals surface area contributed by atoms with Crippen LogP contribution in [0.4, 0.5) is 0 Å². The lowest BCUT2D eigenvalue weighted by Gasteiger charge is -2.26. The summed E-state index contributed by atoms with van der Waals surface area (Å²) < 4.78 is 7.68. The predicted molar refractivity (Wildman–Crippen MR) is 91.5 cm³/mol. The summed E-state index contributed by atoms with van der Waals surface area (Å²) in [4.78, 5) is 7.33. The Morgan fingerprint density at radius 3 is 2.61 bits per heavy atom. The van der Waals surface area contributed by atoms with Gasteiger partial charge in [0.05, 0.1) is 24.6 Å². The number of aromatic nitrogens is 2. The van der Waals surface area contributed by atoms with Crippen molar-refractivity contribution in [3.05, 3.63) is 59.9 Å². The highest BCUT2D eigenvalue weighted by atomic mass is 16.5. The van der Waals surface area contributed by atoms with Gasteiger partial charge in [0.15, 0.2) is 0 Å². The van der Waals surface area contributed by atoms with E-state index in [4.69, 9.17) is 9.72 Å². The molecule has 0 spiro atoms. The summed E-state index contributed by atoms with van der Waals surface area (Å²) in [5.74, 6) is 0. The monoisotopic (exact) mass is 307 g/mol. The Hall–Kier alpha value is -2.17. The number of rotatable bonds is 3. The summed E-state index contributed by atoms with van der Waals surface area (Å²) in [6.45, 7) is 6.61. The third-order valence-corrected chi connectivity index (χ3v) is 4.43. The Morgan fingerprint density at radius 1 is 1.04 bits per heavy atom. The Labute approximate surface area is 136 Å². The molecule has 1 aromatic carbocycles. The average Bonchev–Trinajstić information content (AvgIpc) is 2.95. The Kier molecular flexibility index (Phi) is 3.85. The van der Waals surface area contributed by atoms with Crippen LogP contribution in [0.15, 0.2) is 48.7 Å². The van der Waals surface area contributed by atoms with E-state index in [-0.39, 0.29) is 0 Å². The Morgan fingerprint density at radius 2 is 1.83 bits per heavy atom. The highest BCUT2D eigenvalue weighted by molar-refractivity contribution is 5.66. The van der Waals surface area contributed by atoms with Gasteiger partial charge in [0.1, 0.15) is 5.65 Å². The number of morpholine rings is 1. The highest BCUT2D eigenvalue weighted by Gasteiger charge is 2.18. The van der Waals surface area contributed by atoms with Gasteiger partial charge in [0.2, 0.25) is 0 Å². The van der Waals surface area contributed by atoms with Crippen LogP contribution in [0.2, 0.25) is 0 Å². The number of ether oxygens (including phenoxy) is 1. The second-order valence-corrected chi connectivity index (χ2v) is 6.09. The molecule has 0 radical (unpaired) electrons. The van der Waals surface area contributed by atoms with Gasteiger partial charge in [-0.15, -0.1) is 0 Å². The first-order chi connectivity index (χ1) is 11.3. The summed E-state index contributed by atoms with van der Waals surface area (Å²) in [6.07, 6.45) is 2.11. The molecule has 0 bridgehead atoms. The van der Waals surface area contributed by atoms with Crippen molar-refractivity contribution >= 4 is 5.65 Å². The zero-order valence-corrected chi connectivity index (χ0v) is 13.4. The maximum absolute atomic E-state index is 5.47. The largest absolute Gasteiger partial charge is 0.379 e. The summed E-state index contributed by atoms with van der Waals surface area (Å²) in [5, 5.41) is 0. The van der Waals surface area contributed by atoms with E-state index in [2.05, 4.69) is 58.8 Å². The number of nitrogens with zero attached hydrogens (tertiary/aromatic N) is 3. The van der Waals surface area contributed by atoms with Crippen LogP contribution >= 0.6 is 0 Å². The number of imidazole rings is 1. The van der Waals surface area contributed by atoms with Crippen LogP contribution in [0.25, 0.3) is 16.9 Å². The Bertz CT molecular complexity index is 801. The van der Waals surface area contributed by atoms with Crippen LogP contribution in [0, 0.1) is 6.92 Å². The molecule has 2 aromatic heterocycles. The first kappa shape index (κ1) is 14.4. The van der Waals surface area contributed by atoms with Crippen LogP contribution in [0.5, 0.6) is 0 Å². The van der Waals surface area contributed by atoms with Crippen LogP contribution in [0.3, 0.4) is 0 Å². The molecule has 118 valence electrons. The number of pyridine rings is 1. The van der Waals surface area contributed by atoms with Crippen molar-refractivity contribution in [3.63, 3.8) is 0 Å². The van der Waals surface area contributed by atoms with Gasteiger partial charge in [-0.1, -0.05) is 35.9 Å². The first-order valence-corrected chi connectivity index (χ1v) is 8.14. The van der Waals surface area contributed by atoms with Gasteiger partial charge < -0.3 is 9.14 Å². The van der Waals surface area contributed by atoms with Crippen molar-refractivity contribution in [3.8, 4) is 11.3 Å². The molecule has 0 aliphatic carbocycles. The molecule has 0 atom stereocenters. The maximum Gasteiger partial charge on any atom is 0.137 e. The van der Waals surface area contributed by atoms with Crippen molar-refractivity contribution in [2.45, 2.75) is 13.5 Å². The van der Waals surface area contributed by atoms with Crippen molar-refractivity contribution < 1.29 is 4.74 Å². The predicted octanol–water partition coefficient (Wildman–Crippen LogP) is 3.14. The average molecular weight is 307 g/mol. The molecule has 0 N–H and O–H groups in total. The molecule has 23 heavy (non-hydrogen) atoms. The minimum Gasteiger partial charge on any atom is -0.379 e. The van der Waals surface area contributed by atoms with E-state index in [0.29, 0.717) is 0 Å². The molecule has 0 unspecified atom stereocenters. The van der Waals surface area contributed by atoms with Gasteiger partial charge >= 0.3 is 0 Å². The van der Waals surface area contributed by atoms with Gasteiger partial charge in [-0.3, -0.25) is 4.90 Å². The number of fused-ring (bicyclic) bond motifs is 1. The van der Waals surface area contributed by atoms with Gasteiger partial charge in [-0.2, -0.15) is 0 Å². The van der Waals surface area contributed by atoms with Crippen LogP contribution in [-0.4, -0.2) is 40.6 Å². The SMILES string of the molecule is Cc1ccc(-c2nc3ccccn3c2CN2CCOCC2)cc1. The molecule has 1 aliphatic heterocycles. The molecule has 4 heteroatoms. The molecular formula is C19H21N3O. The molecule has 4 rings (SSSR count). The number of benzene rings is 1. The molecule has 4 nitrogen and oxygen atoms in total. The molecule has 0 saturated carbocycles. The fourth-order valence-corrected chi connectivity index (χ4v) is 3.11. The van der Waals surface area contributed by atoms with Crippen molar-refractivity contribution in [2.24, 2.45) is 0 Å². The van der Waals surface area contributed by atoms with E-state index in [1.807, 2.05) is 6.07 Å². The first-order valence-electron chi connectivity index (χ1n) is 8.14. The van der Waals surface area contributed by atoms with Crippen molar-refractivity contribution in [2.75, 3.05) is 26.3 Å². The van der Waals surface area contributed by atoms with Crippen molar-refractivity contribution in [1.82, 2.24) is 14.3 Å². The minimum atomic E-state index is 0.816. The fourth-order valence-electron chi connectivity index (χ4n) is 3.11. The summed E-state index contributed by atoms with van der Waals surface area (Å²) in [7, 11) is 0. The topological polar surface area (TPSA) is 29.8 Å². The third kappa shape index (κ3) is 2.87. The van der Waals surface area contributed by atoms with Crippen LogP contribution in [0.1, 0.15) is 11.3 Å². The highest BCUT2D eigenvalue weighted by Crippen LogP contribution is 2.26. The number of aryl methyl sites for hydroxylation is 1. The summed E-state index contributed by atoms with van der Waals surface area (Å²) in [6, 6.07) is 14.8. The van der Waals surface area contributed by atoms with Gasteiger partial charge in [-0.25, -0.2) is 4.98 Å². The lowest BCUT2D eigenvalue weighted by molar-refractivity contribution is 0.0336. The quantitative estimate of drug-likeness (QED) is 0.744. The summed E-state index contributed by atoms with van der Waals surface area (Å²) in [5.41, 5.74) is 5.80. The van der Waals surface area contributed by atoms with E-state index in [0.717, 1.165) is 44.2 Å². The van der Waals surface area contributed by atoms with Crippen molar-refractivity contribution in [1.29, 1.82) is 0 Å². The van der Waals surface area contributed by atoms with Crippen LogP contribution < -0.4 is 0 Å². The zero-order chi connectivity index (χ0) is 15.6. The molecule has 1 aliphatic rings. The van der Waals surface area contributed by atoms with E-state index in [9.17, 15) is 0 Å². The number of hydrogen-bond acceptors (Lipinski definition) is 3. The smallest absolute Gasteiger partial charge is 0.137 e. The second-order valence-electron chi connectivity index (χ2n) is 6.09. The maximum atomic E-state index is 5.47. The van der Waals surface area contributed by atoms with E-state index < -0.39 is 0 Å². The van der Waals surface area contributed by atoms with E-state index in [1.54, 1.807) is 0 Å². The standard InChI is InChI=1S/C19H21N3O/c1-15-5-7-16(8-6-15)19-17(14-21-10-12-23-13-11-21)22-9-3-2-4-18(22)20-19/h2-9H,10-14H2,1H3. The fraction of sp³-hybridized carbons (Fsp3) is 0.316. The van der Waals surface area contributed by atoms with Gasteiger partial charge in [0.25, 0.3) is 0 Å². The second kappa shape index (κ2) is 6.14. The molecule has 3 heterocycles. The van der Waals surface area contributed by atoms with E-state index in [1.165, 1.54) is 16.8 Å². The third-order valence-electron chi connectivity index (χ3n) is 4.43. The molecule has 3 aromatic rings. The lowest BCUT2D eigenvalue weighted by atomic mass is 10.1.